The third-order valence-electron chi connectivity index (χ3n) is 3.28. The number of hydrogen-bond acceptors (Lipinski definition) is 4. The van der Waals surface area contributed by atoms with E-state index in [2.05, 4.69) is 4.72 Å². The average molecular weight is 311 g/mol. The lowest BCUT2D eigenvalue weighted by atomic mass is 10.0. The van der Waals surface area contributed by atoms with Crippen molar-refractivity contribution in [3.05, 3.63) is 17.0 Å². The minimum atomic E-state index is -3.40. The third-order valence-corrected chi connectivity index (χ3v) is 6.35. The Morgan fingerprint density at radius 3 is 2.44 bits per heavy atom. The van der Waals surface area contributed by atoms with Gasteiger partial charge in [0.25, 0.3) is 10.0 Å². The molecular formula is C11H19ClN2O2S2. The summed E-state index contributed by atoms with van der Waals surface area (Å²) in [5.41, 5.74) is 5.32. The van der Waals surface area contributed by atoms with E-state index in [4.69, 9.17) is 5.73 Å². The van der Waals surface area contributed by atoms with Crippen LogP contribution >= 0.6 is 23.7 Å². The highest BCUT2D eigenvalue weighted by Crippen LogP contribution is 2.31. The highest BCUT2D eigenvalue weighted by molar-refractivity contribution is 7.91. The van der Waals surface area contributed by atoms with E-state index in [0.29, 0.717) is 10.8 Å². The molecule has 2 rings (SSSR count). The fraction of sp³-hybridized carbons (Fsp3) is 0.636. The third kappa shape index (κ3) is 3.24. The van der Waals surface area contributed by atoms with Crippen LogP contribution in [0.2, 0.25) is 0 Å². The van der Waals surface area contributed by atoms with E-state index in [-0.39, 0.29) is 12.4 Å². The topological polar surface area (TPSA) is 72.2 Å². The van der Waals surface area contributed by atoms with Crippen molar-refractivity contribution < 1.29 is 8.42 Å². The summed E-state index contributed by atoms with van der Waals surface area (Å²) in [4.78, 5) is 0.999. The van der Waals surface area contributed by atoms with Crippen LogP contribution < -0.4 is 10.5 Å². The second-order valence-corrected chi connectivity index (χ2v) is 7.86. The summed E-state index contributed by atoms with van der Waals surface area (Å²) < 4.78 is 27.6. The first-order valence-corrected chi connectivity index (χ1v) is 8.08. The van der Waals surface area contributed by atoms with Crippen LogP contribution in [-0.4, -0.2) is 20.5 Å². The van der Waals surface area contributed by atoms with Gasteiger partial charge in [0.2, 0.25) is 0 Å². The zero-order chi connectivity index (χ0) is 12.5. The van der Waals surface area contributed by atoms with Crippen LogP contribution in [-0.2, 0) is 10.0 Å². The van der Waals surface area contributed by atoms with E-state index in [9.17, 15) is 8.42 Å². The fourth-order valence-electron chi connectivity index (χ4n) is 2.29. The summed E-state index contributed by atoms with van der Waals surface area (Å²) >= 11 is 1.30. The van der Waals surface area contributed by atoms with Crippen LogP contribution in [0, 0.1) is 6.92 Å². The Balaban J connectivity index is 0.00000162. The minimum Gasteiger partial charge on any atom is -0.329 e. The van der Waals surface area contributed by atoms with Gasteiger partial charge in [-0.2, -0.15) is 0 Å². The molecule has 1 aromatic rings. The normalized spacial score (nSPS) is 18.6. The van der Waals surface area contributed by atoms with Crippen LogP contribution in [0.4, 0.5) is 0 Å². The van der Waals surface area contributed by atoms with E-state index < -0.39 is 15.6 Å². The molecule has 0 spiro atoms. The first-order valence-electron chi connectivity index (χ1n) is 5.78. The van der Waals surface area contributed by atoms with Crippen molar-refractivity contribution in [2.45, 2.75) is 42.4 Å². The van der Waals surface area contributed by atoms with Gasteiger partial charge >= 0.3 is 0 Å². The SMILES string of the molecule is Cc1ccc(S(=O)(=O)NC2(CN)CCCC2)s1.Cl. The van der Waals surface area contributed by atoms with Crippen molar-refractivity contribution in [2.75, 3.05) is 6.54 Å². The van der Waals surface area contributed by atoms with Crippen molar-refractivity contribution in [3.63, 3.8) is 0 Å². The summed E-state index contributed by atoms with van der Waals surface area (Å²) in [5.74, 6) is 0. The summed E-state index contributed by atoms with van der Waals surface area (Å²) in [6, 6.07) is 3.48. The lowest BCUT2D eigenvalue weighted by molar-refractivity contribution is 0.400. The van der Waals surface area contributed by atoms with Gasteiger partial charge in [-0.05, 0) is 31.9 Å². The van der Waals surface area contributed by atoms with E-state index in [1.54, 1.807) is 6.07 Å². The molecule has 0 amide bonds. The molecule has 0 unspecified atom stereocenters. The summed E-state index contributed by atoms with van der Waals surface area (Å²) in [5, 5.41) is 0. The first-order chi connectivity index (χ1) is 7.97. The summed E-state index contributed by atoms with van der Waals surface area (Å²) in [6.45, 7) is 2.27. The zero-order valence-corrected chi connectivity index (χ0v) is 12.8. The Hall–Kier alpha value is -0.140. The number of sulfonamides is 1. The predicted octanol–water partition coefficient (Wildman–Crippen LogP) is 2.03. The molecule has 0 atom stereocenters. The molecule has 0 bridgehead atoms. The molecular weight excluding hydrogens is 292 g/mol. The number of nitrogens with two attached hydrogens (primary N) is 1. The molecule has 1 fully saturated rings. The molecule has 7 heteroatoms. The van der Waals surface area contributed by atoms with Gasteiger partial charge < -0.3 is 5.73 Å². The Kier molecular flexibility index (Phi) is 5.20. The van der Waals surface area contributed by atoms with E-state index in [1.807, 2.05) is 13.0 Å². The number of rotatable bonds is 4. The maximum Gasteiger partial charge on any atom is 0.250 e. The summed E-state index contributed by atoms with van der Waals surface area (Å²) in [7, 11) is -3.40. The molecule has 1 aromatic heterocycles. The van der Waals surface area contributed by atoms with Gasteiger partial charge in [0.1, 0.15) is 4.21 Å². The first kappa shape index (κ1) is 15.9. The predicted molar refractivity (Wildman–Crippen MR) is 76.9 cm³/mol. The maximum atomic E-state index is 12.2. The standard InChI is InChI=1S/C11H18N2O2S2.ClH/c1-9-4-5-10(16-9)17(14,15)13-11(8-12)6-2-3-7-11;/h4-5,13H,2-3,6-8,12H2,1H3;1H. The molecule has 4 nitrogen and oxygen atoms in total. The Morgan fingerprint density at radius 2 is 2.00 bits per heavy atom. The lowest BCUT2D eigenvalue weighted by Gasteiger charge is -2.27. The molecule has 104 valence electrons. The van der Waals surface area contributed by atoms with E-state index in [0.717, 1.165) is 30.6 Å². The van der Waals surface area contributed by atoms with E-state index >= 15 is 0 Å². The average Bonchev–Trinajstić information content (AvgIpc) is 2.87. The van der Waals surface area contributed by atoms with Crippen LogP contribution in [0.3, 0.4) is 0 Å². The highest BCUT2D eigenvalue weighted by atomic mass is 35.5. The molecule has 0 aromatic carbocycles. The number of halogens is 1. The van der Waals surface area contributed by atoms with Gasteiger partial charge in [0, 0.05) is 17.0 Å². The van der Waals surface area contributed by atoms with Crippen molar-refractivity contribution in [1.82, 2.24) is 4.72 Å². The largest absolute Gasteiger partial charge is 0.329 e. The molecule has 1 saturated carbocycles. The molecule has 0 aliphatic heterocycles. The fourth-order valence-corrected chi connectivity index (χ4v) is 5.04. The van der Waals surface area contributed by atoms with Crippen molar-refractivity contribution in [3.8, 4) is 0 Å². The monoisotopic (exact) mass is 310 g/mol. The van der Waals surface area contributed by atoms with Crippen molar-refractivity contribution in [1.29, 1.82) is 0 Å². The zero-order valence-electron chi connectivity index (χ0n) is 10.3. The Bertz CT molecular complexity index is 493. The molecule has 0 saturated heterocycles. The molecule has 1 aliphatic rings. The van der Waals surface area contributed by atoms with Crippen LogP contribution in [0.25, 0.3) is 0 Å². The molecule has 1 aliphatic carbocycles. The van der Waals surface area contributed by atoms with Gasteiger partial charge in [0.05, 0.1) is 0 Å². The van der Waals surface area contributed by atoms with E-state index in [1.165, 1.54) is 11.3 Å². The van der Waals surface area contributed by atoms with Gasteiger partial charge in [0.15, 0.2) is 0 Å². The van der Waals surface area contributed by atoms with Gasteiger partial charge in [-0.25, -0.2) is 13.1 Å². The van der Waals surface area contributed by atoms with Gasteiger partial charge in [-0.1, -0.05) is 12.8 Å². The van der Waals surface area contributed by atoms with Crippen molar-refractivity contribution >= 4 is 33.8 Å². The molecule has 18 heavy (non-hydrogen) atoms. The Labute approximate surface area is 118 Å². The second kappa shape index (κ2) is 5.88. The van der Waals surface area contributed by atoms with Gasteiger partial charge in [-0.3, -0.25) is 0 Å². The smallest absolute Gasteiger partial charge is 0.250 e. The number of nitrogens with one attached hydrogen (secondary N) is 1. The maximum absolute atomic E-state index is 12.2. The number of hydrogen-bond donors (Lipinski definition) is 2. The minimum absolute atomic E-state index is 0. The van der Waals surface area contributed by atoms with Crippen LogP contribution in [0.15, 0.2) is 16.3 Å². The lowest BCUT2D eigenvalue weighted by Crippen LogP contribution is -2.51. The van der Waals surface area contributed by atoms with Crippen LogP contribution in [0.1, 0.15) is 30.6 Å². The molecule has 3 N–H and O–H groups in total. The molecule has 0 radical (unpaired) electrons. The quantitative estimate of drug-likeness (QED) is 0.893. The summed E-state index contributed by atoms with van der Waals surface area (Å²) in [6.07, 6.45) is 3.77. The number of aryl methyl sites for hydroxylation is 1. The van der Waals surface area contributed by atoms with Crippen molar-refractivity contribution in [2.24, 2.45) is 5.73 Å². The van der Waals surface area contributed by atoms with Crippen LogP contribution in [0.5, 0.6) is 0 Å². The second-order valence-electron chi connectivity index (χ2n) is 4.66. The van der Waals surface area contributed by atoms with Gasteiger partial charge in [-0.15, -0.1) is 23.7 Å². The highest BCUT2D eigenvalue weighted by Gasteiger charge is 2.37. The Morgan fingerprint density at radius 1 is 1.39 bits per heavy atom. The molecule has 1 heterocycles. The number of thiophene rings is 1.